The summed E-state index contributed by atoms with van der Waals surface area (Å²) in [6.45, 7) is 3.56. The summed E-state index contributed by atoms with van der Waals surface area (Å²) in [4.78, 5) is 34.8. The van der Waals surface area contributed by atoms with E-state index in [1.807, 2.05) is 0 Å². The number of esters is 2. The zero-order chi connectivity index (χ0) is 38.9. The first-order valence-corrected chi connectivity index (χ1v) is 22.3. The molecule has 53 heavy (non-hydrogen) atoms. The Morgan fingerprint density at radius 3 is 1.57 bits per heavy atom. The Morgan fingerprint density at radius 1 is 0.585 bits per heavy atom. The predicted octanol–water partition coefficient (Wildman–Crippen LogP) is 11.7. The molecule has 0 aliphatic rings. The summed E-state index contributed by atoms with van der Waals surface area (Å²) in [6.07, 6.45) is 45.3. The Kier molecular flexibility index (Phi) is 37.7. The minimum absolute atomic E-state index is 0.0459. The Morgan fingerprint density at radius 2 is 1.04 bits per heavy atom. The molecule has 3 N–H and O–H groups in total. The number of hydrogen-bond acceptors (Lipinski definition) is 8. The van der Waals surface area contributed by atoms with Gasteiger partial charge in [0.25, 0.3) is 0 Å². The van der Waals surface area contributed by atoms with Crippen LogP contribution in [0.3, 0.4) is 0 Å². The first kappa shape index (κ1) is 50.7. The minimum Gasteiger partial charge on any atom is -0.462 e. The Bertz CT molecular complexity index is 1050. The highest BCUT2D eigenvalue weighted by molar-refractivity contribution is 7.47. The quantitative estimate of drug-likeness (QED) is 0.0272. The maximum atomic E-state index is 12.6. The average molecular weight is 766 g/mol. The third-order valence-electron chi connectivity index (χ3n) is 8.39. The number of carbonyl (C=O) groups is 2. The number of allylic oxidation sites excluding steroid dienone is 10. The van der Waals surface area contributed by atoms with Crippen LogP contribution in [-0.4, -0.2) is 49.3 Å². The van der Waals surface area contributed by atoms with Crippen LogP contribution in [0.4, 0.5) is 0 Å². The Balaban J connectivity index is 4.24. The molecule has 2 atom stereocenters. The molecule has 0 aliphatic carbocycles. The van der Waals surface area contributed by atoms with E-state index in [-0.39, 0.29) is 32.6 Å². The summed E-state index contributed by atoms with van der Waals surface area (Å²) in [6, 6.07) is 0. The Hall–Kier alpha value is -2.29. The summed E-state index contributed by atoms with van der Waals surface area (Å²) in [5, 5.41) is 0. The van der Waals surface area contributed by atoms with E-state index in [0.717, 1.165) is 83.5 Å². The molecule has 10 heteroatoms. The number of ether oxygens (including phenoxy) is 2. The van der Waals surface area contributed by atoms with E-state index in [9.17, 15) is 19.0 Å². The highest BCUT2D eigenvalue weighted by Gasteiger charge is 2.25. The van der Waals surface area contributed by atoms with Crippen molar-refractivity contribution in [2.45, 2.75) is 174 Å². The van der Waals surface area contributed by atoms with Crippen LogP contribution in [0, 0.1) is 0 Å². The van der Waals surface area contributed by atoms with Gasteiger partial charge in [0.05, 0.1) is 13.2 Å². The summed E-state index contributed by atoms with van der Waals surface area (Å²) in [5.41, 5.74) is 5.34. The fourth-order valence-corrected chi connectivity index (χ4v) is 6.09. The lowest BCUT2D eigenvalue weighted by Gasteiger charge is -2.19. The lowest BCUT2D eigenvalue weighted by atomic mass is 10.1. The number of carbonyl (C=O) groups excluding carboxylic acids is 2. The van der Waals surface area contributed by atoms with E-state index in [4.69, 9.17) is 24.3 Å². The van der Waals surface area contributed by atoms with Crippen LogP contribution < -0.4 is 5.73 Å². The number of phosphoric ester groups is 1. The molecule has 0 amide bonds. The van der Waals surface area contributed by atoms with Gasteiger partial charge in [-0.25, -0.2) is 4.57 Å². The van der Waals surface area contributed by atoms with Crippen molar-refractivity contribution in [3.8, 4) is 0 Å². The largest absolute Gasteiger partial charge is 0.472 e. The number of unbranched alkanes of at least 4 members (excludes halogenated alkanes) is 15. The maximum absolute atomic E-state index is 12.6. The van der Waals surface area contributed by atoms with Gasteiger partial charge in [0.15, 0.2) is 6.10 Å². The van der Waals surface area contributed by atoms with E-state index in [0.29, 0.717) is 6.42 Å². The molecule has 0 bridgehead atoms. The third-order valence-corrected chi connectivity index (χ3v) is 9.37. The van der Waals surface area contributed by atoms with Gasteiger partial charge in [-0.3, -0.25) is 18.6 Å². The molecule has 9 nitrogen and oxygen atoms in total. The van der Waals surface area contributed by atoms with Gasteiger partial charge < -0.3 is 20.1 Å². The Labute approximate surface area is 323 Å². The fourth-order valence-electron chi connectivity index (χ4n) is 5.32. The molecular formula is C43H76NO8P. The van der Waals surface area contributed by atoms with Crippen LogP contribution >= 0.6 is 7.82 Å². The van der Waals surface area contributed by atoms with E-state index in [1.54, 1.807) is 0 Å². The molecule has 0 rings (SSSR count). The van der Waals surface area contributed by atoms with Crippen LogP contribution in [-0.2, 0) is 32.7 Å². The van der Waals surface area contributed by atoms with Crippen LogP contribution in [0.2, 0.25) is 0 Å². The average Bonchev–Trinajstić information content (AvgIpc) is 3.14. The standard InChI is InChI=1S/C43H76NO8P/c1-3-5-7-9-11-13-15-17-19-20-22-24-26-28-30-32-34-36-43(46)52-41(40-51-53(47,48)50-38-37-44)39-49-42(45)35-33-31-29-27-25-23-21-18-16-14-12-10-8-6-4-2/h5,7,11,13-14,16-17,19,22,24,41H,3-4,6,8-10,12,15,18,20-21,23,25-40,44H2,1-2H3,(H,47,48)/b7-5-,13-11-,16-14-,19-17-,24-22-/t41-/m1/s1. The molecule has 0 fully saturated rings. The van der Waals surface area contributed by atoms with Crippen LogP contribution in [0.15, 0.2) is 60.8 Å². The molecule has 0 saturated carbocycles. The van der Waals surface area contributed by atoms with E-state index in [1.165, 1.54) is 51.4 Å². The highest BCUT2D eigenvalue weighted by Crippen LogP contribution is 2.43. The molecule has 0 aliphatic heterocycles. The zero-order valence-corrected chi connectivity index (χ0v) is 34.4. The van der Waals surface area contributed by atoms with Gasteiger partial charge in [-0.1, -0.05) is 139 Å². The molecule has 1 unspecified atom stereocenters. The van der Waals surface area contributed by atoms with Crippen molar-refractivity contribution in [3.63, 3.8) is 0 Å². The first-order chi connectivity index (χ1) is 25.8. The first-order valence-electron chi connectivity index (χ1n) is 20.8. The predicted molar refractivity (Wildman–Crippen MR) is 219 cm³/mol. The van der Waals surface area contributed by atoms with Crippen molar-refractivity contribution in [1.82, 2.24) is 0 Å². The summed E-state index contributed by atoms with van der Waals surface area (Å²) < 4.78 is 32.7. The number of nitrogens with two attached hydrogens (primary N) is 1. The SMILES string of the molecule is CC/C=C\C/C=C\C/C=C\C/C=C\CCCCCCC(=O)O[C@H](COC(=O)CCCCCCCCC/C=C\CCCCCC)COP(=O)(O)OCCN. The number of hydrogen-bond donors (Lipinski definition) is 2. The molecule has 0 aromatic heterocycles. The van der Waals surface area contributed by atoms with E-state index in [2.05, 4.69) is 74.6 Å². The van der Waals surface area contributed by atoms with Gasteiger partial charge >= 0.3 is 19.8 Å². The smallest absolute Gasteiger partial charge is 0.462 e. The van der Waals surface area contributed by atoms with Crippen molar-refractivity contribution < 1.29 is 37.6 Å². The molecule has 306 valence electrons. The zero-order valence-electron chi connectivity index (χ0n) is 33.5. The van der Waals surface area contributed by atoms with Crippen molar-refractivity contribution in [1.29, 1.82) is 0 Å². The third kappa shape index (κ3) is 39.2. The van der Waals surface area contributed by atoms with Crippen LogP contribution in [0.1, 0.15) is 168 Å². The van der Waals surface area contributed by atoms with Gasteiger partial charge in [-0.2, -0.15) is 0 Å². The molecule has 0 saturated heterocycles. The molecule has 0 radical (unpaired) electrons. The van der Waals surface area contributed by atoms with Crippen molar-refractivity contribution >= 4 is 19.8 Å². The normalized spacial score (nSPS) is 14.0. The highest BCUT2D eigenvalue weighted by atomic mass is 31.2. The van der Waals surface area contributed by atoms with Gasteiger partial charge in [-0.05, 0) is 77.0 Å². The molecule has 0 heterocycles. The summed E-state index contributed by atoms with van der Waals surface area (Å²) in [7, 11) is -4.38. The summed E-state index contributed by atoms with van der Waals surface area (Å²) >= 11 is 0. The fraction of sp³-hybridized carbons (Fsp3) is 0.721. The molecule has 0 aromatic rings. The van der Waals surface area contributed by atoms with Crippen molar-refractivity contribution in [3.05, 3.63) is 60.8 Å². The summed E-state index contributed by atoms with van der Waals surface area (Å²) in [5.74, 6) is -0.866. The number of rotatable bonds is 38. The maximum Gasteiger partial charge on any atom is 0.472 e. The molecule has 0 spiro atoms. The van der Waals surface area contributed by atoms with Crippen molar-refractivity contribution in [2.24, 2.45) is 5.73 Å². The van der Waals surface area contributed by atoms with E-state index >= 15 is 0 Å². The van der Waals surface area contributed by atoms with Gasteiger partial charge in [0.2, 0.25) is 0 Å². The molecule has 0 aromatic carbocycles. The second kappa shape index (κ2) is 39.4. The monoisotopic (exact) mass is 766 g/mol. The topological polar surface area (TPSA) is 134 Å². The second-order valence-corrected chi connectivity index (χ2v) is 14.9. The second-order valence-electron chi connectivity index (χ2n) is 13.5. The lowest BCUT2D eigenvalue weighted by molar-refractivity contribution is -0.161. The van der Waals surface area contributed by atoms with Gasteiger partial charge in [0.1, 0.15) is 6.61 Å². The van der Waals surface area contributed by atoms with Crippen molar-refractivity contribution in [2.75, 3.05) is 26.4 Å². The van der Waals surface area contributed by atoms with Crippen LogP contribution in [0.25, 0.3) is 0 Å². The van der Waals surface area contributed by atoms with Gasteiger partial charge in [0, 0.05) is 19.4 Å². The van der Waals surface area contributed by atoms with E-state index < -0.39 is 32.5 Å². The number of phosphoric acid groups is 1. The van der Waals surface area contributed by atoms with Crippen LogP contribution in [0.5, 0.6) is 0 Å². The minimum atomic E-state index is -4.38. The lowest BCUT2D eigenvalue weighted by Crippen LogP contribution is -2.29. The molecular weight excluding hydrogens is 689 g/mol. The van der Waals surface area contributed by atoms with Gasteiger partial charge in [-0.15, -0.1) is 0 Å².